The number of halogens is 1. The molecule has 0 aromatic heterocycles. The van der Waals surface area contributed by atoms with Crippen LogP contribution in [0.1, 0.15) is 0 Å². The molecule has 11 heavy (non-hydrogen) atoms. The maximum atomic E-state index is 9.36. The number of nitriles is 1. The lowest BCUT2D eigenvalue weighted by Crippen LogP contribution is -1.82. The third kappa shape index (κ3) is 29.5. The van der Waals surface area contributed by atoms with Crippen LogP contribution in [-0.4, -0.2) is 16.5 Å². The molecule has 0 heterocycles. The number of hydrogen-bond acceptors (Lipinski definition) is 4. The molecule has 1 N–H and O–H groups in total. The van der Waals surface area contributed by atoms with E-state index in [0.29, 0.717) is 0 Å². The van der Waals surface area contributed by atoms with Crippen molar-refractivity contribution in [2.45, 2.75) is 0 Å². The first-order valence-electron chi connectivity index (χ1n) is 2.15. The lowest BCUT2D eigenvalue weighted by atomic mass is 10.7. The summed E-state index contributed by atoms with van der Waals surface area (Å²) in [4.78, 5) is 18.6. The van der Waals surface area contributed by atoms with Crippen molar-refractivity contribution < 1.29 is 19.4 Å². The second-order valence-electron chi connectivity index (χ2n) is 0.973. The minimum atomic E-state index is -1.10. The maximum absolute atomic E-state index is 9.36. The molecule has 0 aromatic carbocycles. The van der Waals surface area contributed by atoms with Gasteiger partial charge in [0.2, 0.25) is 0 Å². The molecule has 0 spiro atoms. The summed E-state index contributed by atoms with van der Waals surface area (Å²) in [6.45, 7) is 2.96. The molecule has 5 nitrogen and oxygen atoms in total. The molecule has 0 aliphatic rings. The van der Waals surface area contributed by atoms with Gasteiger partial charge < -0.3 is 9.84 Å². The zero-order chi connectivity index (χ0) is 9.28. The maximum Gasteiger partial charge on any atom is 0.419 e. The Morgan fingerprint density at radius 2 is 2.09 bits per heavy atom. The largest absolute Gasteiger partial charge is 0.478 e. The van der Waals surface area contributed by atoms with Crippen LogP contribution in [0.3, 0.4) is 0 Å². The van der Waals surface area contributed by atoms with Gasteiger partial charge in [-0.3, -0.25) is 0 Å². The fourth-order valence-electron chi connectivity index (χ4n) is 0.0359. The SMILES string of the molecule is C=CC(=O)O.N#COC(=O)Cl. The number of aliphatic carboxylic acids is 1. The number of hydrogen-bond donors (Lipinski definition) is 1. The summed E-state index contributed by atoms with van der Waals surface area (Å²) in [5.41, 5.74) is -1.10. The van der Waals surface area contributed by atoms with Gasteiger partial charge in [-0.2, -0.15) is 0 Å². The zero-order valence-corrected chi connectivity index (χ0v) is 6.04. The molecule has 0 amide bonds. The van der Waals surface area contributed by atoms with Gasteiger partial charge >= 0.3 is 11.4 Å². The highest BCUT2D eigenvalue weighted by atomic mass is 35.5. The normalized spacial score (nSPS) is 6.18. The Labute approximate surface area is 67.4 Å². The minimum Gasteiger partial charge on any atom is -0.478 e. The van der Waals surface area contributed by atoms with E-state index >= 15 is 0 Å². The molecule has 60 valence electrons. The molecule has 6 heteroatoms. The summed E-state index contributed by atoms with van der Waals surface area (Å²) in [6, 6.07) is 0. The molecular formula is C5H4ClNO4. The van der Waals surface area contributed by atoms with Gasteiger partial charge in [-0.15, -0.1) is 5.26 Å². The van der Waals surface area contributed by atoms with Gasteiger partial charge in [-0.25, -0.2) is 9.59 Å². The van der Waals surface area contributed by atoms with E-state index < -0.39 is 11.4 Å². The van der Waals surface area contributed by atoms with Crippen LogP contribution in [0.15, 0.2) is 12.7 Å². The molecular weight excluding hydrogens is 174 g/mol. The number of nitrogens with zero attached hydrogens (tertiary/aromatic N) is 1. The minimum absolute atomic E-state index is 0.833. The topological polar surface area (TPSA) is 87.4 Å². The first kappa shape index (κ1) is 12.2. The zero-order valence-electron chi connectivity index (χ0n) is 5.28. The van der Waals surface area contributed by atoms with Gasteiger partial charge in [-0.05, 0) is 0 Å². The van der Waals surface area contributed by atoms with Crippen LogP contribution >= 0.6 is 11.6 Å². The van der Waals surface area contributed by atoms with Crippen LogP contribution in [0, 0.1) is 11.5 Å². The summed E-state index contributed by atoms with van der Waals surface area (Å²) in [6.07, 6.45) is 1.92. The van der Waals surface area contributed by atoms with Crippen LogP contribution in [-0.2, 0) is 9.53 Å². The van der Waals surface area contributed by atoms with Crippen LogP contribution in [0.2, 0.25) is 0 Å². The number of carbonyl (C=O) groups excluding carboxylic acids is 1. The standard InChI is InChI=1S/C3H4O2.C2ClNO2/c1-2-3(4)5;3-2(5)6-1-4/h2H,1H2,(H,4,5);. The van der Waals surface area contributed by atoms with Crippen molar-refractivity contribution in [1.29, 1.82) is 5.26 Å². The first-order valence-corrected chi connectivity index (χ1v) is 2.53. The first-order chi connectivity index (χ1) is 5.04. The Bertz CT molecular complexity index is 195. The third-order valence-corrected chi connectivity index (χ3v) is 0.378. The van der Waals surface area contributed by atoms with Gasteiger partial charge in [0.25, 0.3) is 6.26 Å². The van der Waals surface area contributed by atoms with Gasteiger partial charge in [0.05, 0.1) is 0 Å². The highest BCUT2D eigenvalue weighted by molar-refractivity contribution is 6.61. The van der Waals surface area contributed by atoms with Crippen LogP contribution in [0.5, 0.6) is 0 Å². The fraction of sp³-hybridized carbons (Fsp3) is 0. The number of rotatable bonds is 1. The average molecular weight is 178 g/mol. The predicted octanol–water partition coefficient (Wildman–Crippen LogP) is 1.10. The molecule has 0 radical (unpaired) electrons. The Kier molecular flexibility index (Phi) is 9.36. The number of carbonyl (C=O) groups is 2. The van der Waals surface area contributed by atoms with E-state index in [2.05, 4.69) is 22.9 Å². The monoisotopic (exact) mass is 177 g/mol. The molecule has 0 saturated heterocycles. The summed E-state index contributed by atoms with van der Waals surface area (Å²) in [5, 5.41) is 15.1. The van der Waals surface area contributed by atoms with Crippen LogP contribution in [0.4, 0.5) is 4.79 Å². The van der Waals surface area contributed by atoms with Gasteiger partial charge in [0.1, 0.15) is 0 Å². The van der Waals surface area contributed by atoms with E-state index in [9.17, 15) is 9.59 Å². The summed E-state index contributed by atoms with van der Waals surface area (Å²) < 4.78 is 3.47. The van der Waals surface area contributed by atoms with E-state index in [4.69, 9.17) is 10.4 Å². The predicted molar refractivity (Wildman–Crippen MR) is 35.8 cm³/mol. The van der Waals surface area contributed by atoms with Crippen LogP contribution in [0.25, 0.3) is 0 Å². The average Bonchev–Trinajstić information content (AvgIpc) is 1.89. The third-order valence-electron chi connectivity index (χ3n) is 0.301. The van der Waals surface area contributed by atoms with E-state index in [0.717, 1.165) is 12.3 Å². The van der Waals surface area contributed by atoms with Gasteiger partial charge in [-0.1, -0.05) is 6.58 Å². The van der Waals surface area contributed by atoms with Crippen molar-refractivity contribution in [3.05, 3.63) is 12.7 Å². The summed E-state index contributed by atoms with van der Waals surface area (Å²) in [7, 11) is 0. The van der Waals surface area contributed by atoms with E-state index in [1.54, 1.807) is 0 Å². The van der Waals surface area contributed by atoms with Gasteiger partial charge in [0, 0.05) is 17.7 Å². The summed E-state index contributed by atoms with van der Waals surface area (Å²) >= 11 is 4.49. The Morgan fingerprint density at radius 1 is 1.73 bits per heavy atom. The van der Waals surface area contributed by atoms with Crippen molar-refractivity contribution in [2.24, 2.45) is 0 Å². The fourth-order valence-corrected chi connectivity index (χ4v) is 0.0704. The summed E-state index contributed by atoms with van der Waals surface area (Å²) in [5.74, 6) is -0.981. The Balaban J connectivity index is 0. The number of carboxylic acid groups (broad SMARTS) is 1. The highest BCUT2D eigenvalue weighted by Crippen LogP contribution is 1.80. The van der Waals surface area contributed by atoms with E-state index in [-0.39, 0.29) is 0 Å². The molecule has 0 rings (SSSR count). The lowest BCUT2D eigenvalue weighted by molar-refractivity contribution is -0.131. The molecule has 0 aliphatic carbocycles. The van der Waals surface area contributed by atoms with Crippen molar-refractivity contribution in [2.75, 3.05) is 0 Å². The Morgan fingerprint density at radius 3 is 2.09 bits per heavy atom. The van der Waals surface area contributed by atoms with Crippen molar-refractivity contribution in [3.63, 3.8) is 0 Å². The Hall–Kier alpha value is -1.54. The van der Waals surface area contributed by atoms with Crippen molar-refractivity contribution >= 4 is 23.0 Å². The van der Waals surface area contributed by atoms with Gasteiger partial charge in [0.15, 0.2) is 0 Å². The van der Waals surface area contributed by atoms with E-state index in [1.165, 1.54) is 0 Å². The second-order valence-corrected chi connectivity index (χ2v) is 1.28. The quantitative estimate of drug-likeness (QED) is 0.368. The lowest BCUT2D eigenvalue weighted by Gasteiger charge is -1.71. The molecule has 0 fully saturated rings. The number of carboxylic acids is 1. The second kappa shape index (κ2) is 8.46. The smallest absolute Gasteiger partial charge is 0.419 e. The molecule has 0 aromatic rings. The molecule has 0 aliphatic heterocycles. The van der Waals surface area contributed by atoms with Crippen LogP contribution < -0.4 is 0 Å². The molecule has 0 saturated carbocycles. The number of ether oxygens (including phenoxy) is 1. The molecule has 0 bridgehead atoms. The van der Waals surface area contributed by atoms with Crippen molar-refractivity contribution in [3.8, 4) is 6.26 Å². The molecule has 0 unspecified atom stereocenters. The molecule has 0 atom stereocenters. The highest BCUT2D eigenvalue weighted by Gasteiger charge is 1.87. The van der Waals surface area contributed by atoms with E-state index in [1.807, 2.05) is 0 Å². The van der Waals surface area contributed by atoms with Crippen molar-refractivity contribution in [1.82, 2.24) is 0 Å².